The average molecular weight is 556 g/mol. The van der Waals surface area contributed by atoms with Crippen LogP contribution in [0.15, 0.2) is 55.1 Å². The van der Waals surface area contributed by atoms with Crippen molar-refractivity contribution in [2.45, 2.75) is 62.3 Å². The van der Waals surface area contributed by atoms with Crippen molar-refractivity contribution in [3.8, 4) is 0 Å². The molecule has 6 nitrogen and oxygen atoms in total. The zero-order chi connectivity index (χ0) is 28.1. The smallest absolute Gasteiger partial charge is 0.368 e. The number of carbonyl (C=O) groups is 1. The van der Waals surface area contributed by atoms with E-state index in [0.717, 1.165) is 0 Å². The molecule has 3 aromatic rings. The minimum absolute atomic E-state index is 0.0552. The molecule has 2 aliphatic rings. The molecule has 3 heterocycles. The third-order valence-corrected chi connectivity index (χ3v) is 7.41. The third kappa shape index (κ3) is 5.36. The Balaban J connectivity index is 1.53. The topological polar surface area (TPSA) is 60.2 Å². The molecule has 5 rings (SSSR count). The van der Waals surface area contributed by atoms with Crippen molar-refractivity contribution in [2.24, 2.45) is 0 Å². The number of benzene rings is 2. The zero-order valence-electron chi connectivity index (χ0n) is 20.5. The second kappa shape index (κ2) is 9.92. The van der Waals surface area contributed by atoms with Crippen LogP contribution in [0, 0.1) is 5.82 Å². The maximum Gasteiger partial charge on any atom is 0.416 e. The summed E-state index contributed by atoms with van der Waals surface area (Å²) < 4.78 is 102. The quantitative estimate of drug-likeness (QED) is 0.366. The Morgan fingerprint density at radius 2 is 1.54 bits per heavy atom. The summed E-state index contributed by atoms with van der Waals surface area (Å²) in [5, 5.41) is 7.70. The van der Waals surface area contributed by atoms with Crippen molar-refractivity contribution in [1.29, 1.82) is 0 Å². The van der Waals surface area contributed by atoms with Gasteiger partial charge in [0, 0.05) is 18.9 Å². The molecule has 5 atom stereocenters. The number of ether oxygens (including phenoxy) is 1. The van der Waals surface area contributed by atoms with Gasteiger partial charge in [0.2, 0.25) is 5.91 Å². The Morgan fingerprint density at radius 3 is 2.10 bits per heavy atom. The van der Waals surface area contributed by atoms with E-state index in [1.165, 1.54) is 31.7 Å². The summed E-state index contributed by atoms with van der Waals surface area (Å²) in [6, 6.07) is 6.16. The highest BCUT2D eigenvalue weighted by Crippen LogP contribution is 2.47. The second-order valence-electron chi connectivity index (χ2n) is 9.79. The van der Waals surface area contributed by atoms with Gasteiger partial charge in [-0.3, -0.25) is 4.79 Å². The number of carbonyl (C=O) groups excluding carboxylic acids is 1. The van der Waals surface area contributed by atoms with Crippen LogP contribution in [0.4, 0.5) is 30.7 Å². The molecule has 2 fully saturated rings. The molecule has 2 saturated heterocycles. The van der Waals surface area contributed by atoms with Crippen molar-refractivity contribution in [1.82, 2.24) is 19.7 Å². The molecule has 13 heteroatoms. The zero-order valence-corrected chi connectivity index (χ0v) is 20.5. The lowest BCUT2D eigenvalue weighted by Gasteiger charge is -2.39. The highest BCUT2D eigenvalue weighted by atomic mass is 19.4. The largest absolute Gasteiger partial charge is 0.416 e. The van der Waals surface area contributed by atoms with E-state index in [1.807, 2.05) is 0 Å². The van der Waals surface area contributed by atoms with Crippen molar-refractivity contribution >= 4 is 5.91 Å². The average Bonchev–Trinajstić information content (AvgIpc) is 3.53. The predicted octanol–water partition coefficient (Wildman–Crippen LogP) is 5.93. The summed E-state index contributed by atoms with van der Waals surface area (Å²) in [7, 11) is 0. The van der Waals surface area contributed by atoms with Gasteiger partial charge in [0.1, 0.15) is 18.5 Å². The minimum Gasteiger partial charge on any atom is -0.368 e. The van der Waals surface area contributed by atoms with Crippen molar-refractivity contribution in [3.63, 3.8) is 0 Å². The van der Waals surface area contributed by atoms with E-state index < -0.39 is 53.5 Å². The van der Waals surface area contributed by atoms with Gasteiger partial charge in [0.25, 0.3) is 0 Å². The fraction of sp³-hybridized carbons (Fsp3) is 0.423. The summed E-state index contributed by atoms with van der Waals surface area (Å²) in [6.07, 6.45) is -8.29. The Bertz CT molecular complexity index is 1290. The lowest BCUT2D eigenvalue weighted by Crippen LogP contribution is -2.47. The van der Waals surface area contributed by atoms with Gasteiger partial charge in [-0.2, -0.15) is 26.3 Å². The number of fused-ring (bicyclic) bond motifs is 1. The number of alkyl halides is 6. The molecule has 0 radical (unpaired) electrons. The molecular weight excluding hydrogens is 533 g/mol. The molecule has 2 aromatic carbocycles. The van der Waals surface area contributed by atoms with E-state index >= 15 is 0 Å². The molecule has 0 saturated carbocycles. The fourth-order valence-corrected chi connectivity index (χ4v) is 5.63. The highest BCUT2D eigenvalue weighted by Gasteiger charge is 2.52. The summed E-state index contributed by atoms with van der Waals surface area (Å²) in [6.45, 7) is 1.42. The van der Waals surface area contributed by atoms with E-state index in [9.17, 15) is 35.5 Å². The first-order chi connectivity index (χ1) is 18.3. The molecule has 0 N–H and O–H groups in total. The fourth-order valence-electron chi connectivity index (χ4n) is 5.63. The number of hydrogen-bond donors (Lipinski definition) is 0. The molecule has 208 valence electrons. The normalized spacial score (nSPS) is 24.6. The van der Waals surface area contributed by atoms with Crippen LogP contribution in [0.5, 0.6) is 0 Å². The number of halogens is 7. The van der Waals surface area contributed by atoms with Gasteiger partial charge < -0.3 is 14.2 Å². The van der Waals surface area contributed by atoms with Gasteiger partial charge in [-0.25, -0.2) is 4.39 Å². The van der Waals surface area contributed by atoms with Crippen molar-refractivity contribution in [3.05, 3.63) is 83.2 Å². The summed E-state index contributed by atoms with van der Waals surface area (Å²) in [4.78, 5) is 14.6. The first-order valence-electron chi connectivity index (χ1n) is 12.2. The molecule has 1 aromatic heterocycles. The number of nitrogens with zero attached hydrogens (tertiary/aromatic N) is 4. The summed E-state index contributed by atoms with van der Waals surface area (Å²) in [5.41, 5.74) is -2.57. The first-order valence-corrected chi connectivity index (χ1v) is 12.2. The highest BCUT2D eigenvalue weighted by molar-refractivity contribution is 5.78. The second-order valence-corrected chi connectivity index (χ2v) is 9.79. The summed E-state index contributed by atoms with van der Waals surface area (Å²) >= 11 is 0. The van der Waals surface area contributed by atoms with Crippen LogP contribution in [0.3, 0.4) is 0 Å². The summed E-state index contributed by atoms with van der Waals surface area (Å²) in [5.74, 6) is -1.20. The Hall–Kier alpha value is -3.48. The SMILES string of the molecule is C[C@@H](O[C@H]1CN2C(=O)CCC(n3cnnc3)[C@H]2[C@@H]1c1ccc(F)cc1)c1cc(C(F)(F)F)cc(C(F)(F)F)c1. The number of hydrogen-bond acceptors (Lipinski definition) is 4. The van der Waals surface area contributed by atoms with Gasteiger partial charge in [-0.15, -0.1) is 10.2 Å². The lowest BCUT2D eigenvalue weighted by molar-refractivity contribution is -0.143. The molecule has 0 aliphatic carbocycles. The molecule has 0 bridgehead atoms. The van der Waals surface area contributed by atoms with Gasteiger partial charge in [-0.1, -0.05) is 12.1 Å². The van der Waals surface area contributed by atoms with E-state index in [1.54, 1.807) is 21.6 Å². The molecule has 1 amide bonds. The maximum atomic E-state index is 13.8. The minimum atomic E-state index is -5.00. The van der Waals surface area contributed by atoms with Crippen LogP contribution in [-0.4, -0.2) is 44.3 Å². The van der Waals surface area contributed by atoms with Crippen molar-refractivity contribution < 1.29 is 40.3 Å². The van der Waals surface area contributed by atoms with E-state index in [-0.39, 0.29) is 36.5 Å². The van der Waals surface area contributed by atoms with E-state index in [2.05, 4.69) is 10.2 Å². The standard InChI is InChI=1S/C26H23F7N4O2/c1-14(16-8-17(25(28,29)30)10-18(9-16)26(31,32)33)39-21-11-37-22(38)7-6-20(36-12-34-35-13-36)24(37)23(21)15-2-4-19(27)5-3-15/h2-5,8-10,12-14,20-21,23-24H,6-7,11H2,1H3/t14-,20?,21+,23-,24+/m1/s1. The molecule has 2 aliphatic heterocycles. The number of aromatic nitrogens is 3. The van der Waals surface area contributed by atoms with Gasteiger partial charge >= 0.3 is 12.4 Å². The van der Waals surface area contributed by atoms with E-state index in [0.29, 0.717) is 24.1 Å². The van der Waals surface area contributed by atoms with E-state index in [4.69, 9.17) is 4.74 Å². The van der Waals surface area contributed by atoms with Crippen LogP contribution in [0.1, 0.15) is 60.1 Å². The Morgan fingerprint density at radius 1 is 0.949 bits per heavy atom. The van der Waals surface area contributed by atoms with Crippen LogP contribution in [0.25, 0.3) is 0 Å². The van der Waals surface area contributed by atoms with Gasteiger partial charge in [-0.05, 0) is 54.8 Å². The van der Waals surface area contributed by atoms with Crippen LogP contribution in [-0.2, 0) is 21.9 Å². The lowest BCUT2D eigenvalue weighted by atomic mass is 9.82. The number of amides is 1. The van der Waals surface area contributed by atoms with Gasteiger partial charge in [0.15, 0.2) is 0 Å². The molecule has 0 spiro atoms. The Kier molecular flexibility index (Phi) is 6.90. The third-order valence-electron chi connectivity index (χ3n) is 7.41. The first kappa shape index (κ1) is 27.1. The predicted molar refractivity (Wildman–Crippen MR) is 123 cm³/mol. The van der Waals surface area contributed by atoms with Crippen LogP contribution >= 0.6 is 0 Å². The monoisotopic (exact) mass is 556 g/mol. The molecule has 39 heavy (non-hydrogen) atoms. The molecule has 1 unspecified atom stereocenters. The number of rotatable bonds is 5. The van der Waals surface area contributed by atoms with Crippen LogP contribution in [0.2, 0.25) is 0 Å². The van der Waals surface area contributed by atoms with Gasteiger partial charge in [0.05, 0.1) is 35.4 Å². The molecular formula is C26H23F7N4O2. The van der Waals surface area contributed by atoms with Crippen LogP contribution < -0.4 is 0 Å². The number of piperidine rings is 1. The van der Waals surface area contributed by atoms with Crippen molar-refractivity contribution in [2.75, 3.05) is 6.54 Å². The Labute approximate surface area is 218 Å². The maximum absolute atomic E-state index is 13.8.